The fraction of sp³-hybridized carbons (Fsp3) is 0. The van der Waals surface area contributed by atoms with Gasteiger partial charge in [0, 0.05) is 44.4 Å². The van der Waals surface area contributed by atoms with Crippen LogP contribution in [0.4, 0.5) is 0 Å². The van der Waals surface area contributed by atoms with Crippen molar-refractivity contribution in [2.24, 2.45) is 0 Å². The summed E-state index contributed by atoms with van der Waals surface area (Å²) in [7, 11) is 0. The molecule has 0 bridgehead atoms. The summed E-state index contributed by atoms with van der Waals surface area (Å²) in [6.45, 7) is 0. The zero-order chi connectivity index (χ0) is 33.0. The first-order valence-corrected chi connectivity index (χ1v) is 16.6. The predicted octanol–water partition coefficient (Wildman–Crippen LogP) is 10.9. The first kappa shape index (κ1) is 28.1. The van der Waals surface area contributed by atoms with Crippen molar-refractivity contribution in [3.05, 3.63) is 164 Å². The average molecular weight is 642 g/mol. The van der Waals surface area contributed by atoms with Gasteiger partial charge in [-0.2, -0.15) is 0 Å². The van der Waals surface area contributed by atoms with E-state index in [1.165, 1.54) is 0 Å². The Hall–Kier alpha value is -6.92. The third-order valence-electron chi connectivity index (χ3n) is 9.30. The fourth-order valence-corrected chi connectivity index (χ4v) is 7.02. The molecule has 6 heteroatoms. The topological polar surface area (TPSA) is 69.6 Å². The maximum absolute atomic E-state index is 6.34. The summed E-state index contributed by atoms with van der Waals surface area (Å²) in [5, 5.41) is 4.41. The van der Waals surface area contributed by atoms with Crippen LogP contribution in [0.5, 0.6) is 0 Å². The zero-order valence-corrected chi connectivity index (χ0v) is 26.7. The fourth-order valence-electron chi connectivity index (χ4n) is 7.02. The number of nitrogens with zero attached hydrogens (tertiary/aromatic N) is 5. The first-order valence-electron chi connectivity index (χ1n) is 16.6. The second-order valence-corrected chi connectivity index (χ2v) is 12.3. The normalized spacial score (nSPS) is 11.6. The highest BCUT2D eigenvalue weighted by molar-refractivity contribution is 6.27. The van der Waals surface area contributed by atoms with E-state index >= 15 is 0 Å². The molecule has 0 N–H and O–H groups in total. The number of hydrogen-bond donors (Lipinski definition) is 0. The predicted molar refractivity (Wildman–Crippen MR) is 201 cm³/mol. The minimum absolute atomic E-state index is 0.541. The van der Waals surface area contributed by atoms with Crippen LogP contribution >= 0.6 is 0 Å². The number of rotatable bonds is 5. The van der Waals surface area contributed by atoms with E-state index in [-0.39, 0.29) is 0 Å². The van der Waals surface area contributed by atoms with Gasteiger partial charge in [-0.3, -0.25) is 4.57 Å². The quantitative estimate of drug-likeness (QED) is 0.187. The molecule has 0 fully saturated rings. The van der Waals surface area contributed by atoms with Gasteiger partial charge in [-0.1, -0.05) is 127 Å². The van der Waals surface area contributed by atoms with E-state index in [9.17, 15) is 0 Å². The Bertz CT molecular complexity index is 2800. The van der Waals surface area contributed by atoms with Crippen LogP contribution in [0.1, 0.15) is 0 Å². The van der Waals surface area contributed by atoms with Crippen LogP contribution in [0, 0.1) is 0 Å². The van der Waals surface area contributed by atoms with Crippen molar-refractivity contribution in [1.82, 2.24) is 24.5 Å². The van der Waals surface area contributed by atoms with Crippen molar-refractivity contribution in [1.29, 1.82) is 0 Å². The van der Waals surface area contributed by atoms with Crippen LogP contribution < -0.4 is 0 Å². The third kappa shape index (κ3) is 4.50. The van der Waals surface area contributed by atoms with E-state index < -0.39 is 0 Å². The van der Waals surface area contributed by atoms with Gasteiger partial charge in [-0.25, -0.2) is 19.9 Å². The Morgan fingerprint density at radius 1 is 0.420 bits per heavy atom. The van der Waals surface area contributed by atoms with Crippen LogP contribution in [-0.4, -0.2) is 24.5 Å². The van der Waals surface area contributed by atoms with Gasteiger partial charge >= 0.3 is 0 Å². The van der Waals surface area contributed by atoms with E-state index in [2.05, 4.69) is 71.3 Å². The van der Waals surface area contributed by atoms with Crippen molar-refractivity contribution in [3.8, 4) is 51.1 Å². The van der Waals surface area contributed by atoms with E-state index in [4.69, 9.17) is 24.4 Å². The molecule has 234 valence electrons. The van der Waals surface area contributed by atoms with E-state index in [0.717, 1.165) is 77.4 Å². The molecule has 6 nitrogen and oxygen atoms in total. The summed E-state index contributed by atoms with van der Waals surface area (Å²) < 4.78 is 8.58. The van der Waals surface area contributed by atoms with Crippen LogP contribution in [0.3, 0.4) is 0 Å². The maximum Gasteiger partial charge on any atom is 0.167 e. The van der Waals surface area contributed by atoms with Crippen molar-refractivity contribution in [2.75, 3.05) is 0 Å². The summed E-state index contributed by atoms with van der Waals surface area (Å²) in [6, 6.07) is 53.5. The van der Waals surface area contributed by atoms with Gasteiger partial charge in [0.05, 0.1) is 16.6 Å². The summed E-state index contributed by atoms with van der Waals surface area (Å²) >= 11 is 0. The lowest BCUT2D eigenvalue weighted by Crippen LogP contribution is -2.05. The highest BCUT2D eigenvalue weighted by Crippen LogP contribution is 2.42. The van der Waals surface area contributed by atoms with Crippen LogP contribution in [0.2, 0.25) is 0 Å². The minimum atomic E-state index is 0.541. The third-order valence-corrected chi connectivity index (χ3v) is 9.30. The summed E-state index contributed by atoms with van der Waals surface area (Å²) in [5.74, 6) is 2.46. The number of furan rings is 1. The van der Waals surface area contributed by atoms with Crippen LogP contribution in [0.15, 0.2) is 168 Å². The molecule has 0 aliphatic heterocycles. The monoisotopic (exact) mass is 641 g/mol. The summed E-state index contributed by atoms with van der Waals surface area (Å²) in [5.41, 5.74) is 8.41. The molecule has 4 aromatic heterocycles. The Kier molecular flexibility index (Phi) is 6.39. The molecule has 0 spiro atoms. The molecule has 0 radical (unpaired) electrons. The standard InChI is InChI=1S/C44H27N5O/c1-4-14-28(15-5-1)31-26-34(43-47-41(29-16-6-2-7-17-29)46-42(48-43)30-18-8-3-9-19-30)44(45-27-31)49-35-22-12-10-20-32(35)39-36(49)24-25-38-40(39)33-21-11-13-23-37(33)50-38/h1-27H. The van der Waals surface area contributed by atoms with Gasteiger partial charge in [0.2, 0.25) is 0 Å². The highest BCUT2D eigenvalue weighted by Gasteiger charge is 2.23. The number of benzene rings is 6. The van der Waals surface area contributed by atoms with Crippen LogP contribution in [0.25, 0.3) is 94.9 Å². The molecule has 0 saturated heterocycles. The van der Waals surface area contributed by atoms with Gasteiger partial charge < -0.3 is 4.42 Å². The van der Waals surface area contributed by atoms with Gasteiger partial charge in [-0.05, 0) is 35.9 Å². The molecule has 4 heterocycles. The molecule has 0 saturated carbocycles. The second kappa shape index (κ2) is 11.4. The lowest BCUT2D eigenvalue weighted by Gasteiger charge is -2.15. The van der Waals surface area contributed by atoms with Gasteiger partial charge in [0.15, 0.2) is 17.5 Å². The van der Waals surface area contributed by atoms with E-state index in [1.807, 2.05) is 97.2 Å². The number of hydrogen-bond acceptors (Lipinski definition) is 5. The van der Waals surface area contributed by atoms with Crippen molar-refractivity contribution >= 4 is 43.7 Å². The zero-order valence-electron chi connectivity index (χ0n) is 26.7. The molecule has 10 aromatic rings. The maximum atomic E-state index is 6.34. The molecular formula is C44H27N5O. The highest BCUT2D eigenvalue weighted by atomic mass is 16.3. The molecule has 0 unspecified atom stereocenters. The van der Waals surface area contributed by atoms with Gasteiger partial charge in [0.1, 0.15) is 17.0 Å². The van der Waals surface area contributed by atoms with Crippen molar-refractivity contribution in [3.63, 3.8) is 0 Å². The van der Waals surface area contributed by atoms with E-state index in [1.54, 1.807) is 0 Å². The average Bonchev–Trinajstić information content (AvgIpc) is 3.74. The van der Waals surface area contributed by atoms with Crippen LogP contribution in [-0.2, 0) is 0 Å². The summed E-state index contributed by atoms with van der Waals surface area (Å²) in [6.07, 6.45) is 1.94. The van der Waals surface area contributed by atoms with Crippen molar-refractivity contribution < 1.29 is 4.42 Å². The lowest BCUT2D eigenvalue weighted by molar-refractivity contribution is 0.669. The van der Waals surface area contributed by atoms with E-state index in [0.29, 0.717) is 17.5 Å². The molecule has 0 aliphatic carbocycles. The number of aromatic nitrogens is 5. The lowest BCUT2D eigenvalue weighted by atomic mass is 10.0. The minimum Gasteiger partial charge on any atom is -0.456 e. The summed E-state index contributed by atoms with van der Waals surface area (Å²) in [4.78, 5) is 20.5. The Morgan fingerprint density at radius 2 is 1.00 bits per heavy atom. The number of pyridine rings is 1. The molecule has 0 aliphatic rings. The Labute approximate surface area is 287 Å². The molecular weight excluding hydrogens is 615 g/mol. The molecule has 10 rings (SSSR count). The molecule has 0 amide bonds. The Morgan fingerprint density at radius 3 is 1.70 bits per heavy atom. The molecule has 6 aromatic carbocycles. The Balaban J connectivity index is 1.31. The second-order valence-electron chi connectivity index (χ2n) is 12.3. The molecule has 0 atom stereocenters. The van der Waals surface area contributed by atoms with Gasteiger partial charge in [-0.15, -0.1) is 0 Å². The smallest absolute Gasteiger partial charge is 0.167 e. The number of para-hydroxylation sites is 2. The van der Waals surface area contributed by atoms with Gasteiger partial charge in [0.25, 0.3) is 0 Å². The first-order chi connectivity index (χ1) is 24.8. The SMILES string of the molecule is c1ccc(-c2cnc(-n3c4ccccc4c4c5c(ccc43)oc3ccccc35)c(-c3nc(-c4ccccc4)nc(-c4ccccc4)n3)c2)cc1. The molecule has 50 heavy (non-hydrogen) atoms. The number of fused-ring (bicyclic) bond motifs is 7. The largest absolute Gasteiger partial charge is 0.456 e. The van der Waals surface area contributed by atoms with Crippen molar-refractivity contribution in [2.45, 2.75) is 0 Å².